The van der Waals surface area contributed by atoms with Crippen molar-refractivity contribution in [1.82, 2.24) is 10.2 Å². The van der Waals surface area contributed by atoms with Crippen LogP contribution in [0.15, 0.2) is 102 Å². The van der Waals surface area contributed by atoms with Gasteiger partial charge in [0.15, 0.2) is 0 Å². The first-order chi connectivity index (χ1) is 17.5. The number of amides is 2. The number of aliphatic carboxylic acids is 1. The van der Waals surface area contributed by atoms with Crippen molar-refractivity contribution in [2.24, 2.45) is 0 Å². The van der Waals surface area contributed by atoms with E-state index in [2.05, 4.69) is 5.32 Å². The van der Waals surface area contributed by atoms with Crippen LogP contribution in [0.2, 0.25) is 0 Å². The average molecular weight is 499 g/mol. The third-order valence-electron chi connectivity index (χ3n) is 5.71. The fraction of sp³-hybridized carbons (Fsp3) is 0.138. The van der Waals surface area contributed by atoms with E-state index in [1.165, 1.54) is 11.3 Å². The van der Waals surface area contributed by atoms with Gasteiger partial charge in [0.1, 0.15) is 6.04 Å². The van der Waals surface area contributed by atoms with Gasteiger partial charge in [0, 0.05) is 25.1 Å². The van der Waals surface area contributed by atoms with Gasteiger partial charge in [0.2, 0.25) is 0 Å². The second-order valence-electron chi connectivity index (χ2n) is 8.38. The molecule has 0 saturated heterocycles. The lowest BCUT2D eigenvalue weighted by Gasteiger charge is -2.23. The Bertz CT molecular complexity index is 1290. The molecule has 0 spiro atoms. The van der Waals surface area contributed by atoms with Crippen molar-refractivity contribution in [1.29, 1.82) is 0 Å². The third-order valence-corrected chi connectivity index (χ3v) is 6.57. The Morgan fingerprint density at radius 3 is 1.89 bits per heavy atom. The summed E-state index contributed by atoms with van der Waals surface area (Å²) in [7, 11) is 0. The number of rotatable bonds is 10. The summed E-state index contributed by atoms with van der Waals surface area (Å²) < 4.78 is 0. The minimum Gasteiger partial charge on any atom is -0.480 e. The van der Waals surface area contributed by atoms with E-state index < -0.39 is 17.9 Å². The van der Waals surface area contributed by atoms with Crippen molar-refractivity contribution in [2.75, 3.05) is 0 Å². The number of hydrogen-bond acceptors (Lipinski definition) is 4. The van der Waals surface area contributed by atoms with E-state index in [0.29, 0.717) is 23.5 Å². The zero-order chi connectivity index (χ0) is 25.3. The minimum atomic E-state index is -1.09. The highest BCUT2D eigenvalue weighted by Gasteiger charge is 2.22. The SMILES string of the molecule is O=C(N[C@@H](Cc1ccccc1)C(=O)O)c1ccc(CN(Cc2ccccc2)C(=O)c2cccs2)cc1. The van der Waals surface area contributed by atoms with Crippen LogP contribution in [0.25, 0.3) is 0 Å². The van der Waals surface area contributed by atoms with E-state index >= 15 is 0 Å². The van der Waals surface area contributed by atoms with Crippen LogP contribution in [0.3, 0.4) is 0 Å². The van der Waals surface area contributed by atoms with Gasteiger partial charge in [0.25, 0.3) is 11.8 Å². The predicted octanol–water partition coefficient (Wildman–Crippen LogP) is 5.02. The summed E-state index contributed by atoms with van der Waals surface area (Å²) in [6.07, 6.45) is 0.194. The van der Waals surface area contributed by atoms with E-state index in [0.717, 1.165) is 16.7 Å². The van der Waals surface area contributed by atoms with E-state index in [1.54, 1.807) is 29.2 Å². The summed E-state index contributed by atoms with van der Waals surface area (Å²) in [6.45, 7) is 0.832. The first-order valence-electron chi connectivity index (χ1n) is 11.5. The molecule has 0 aliphatic heterocycles. The summed E-state index contributed by atoms with van der Waals surface area (Å²) in [5, 5.41) is 14.1. The quantitative estimate of drug-likeness (QED) is 0.322. The summed E-state index contributed by atoms with van der Waals surface area (Å²) in [4.78, 5) is 40.0. The van der Waals surface area contributed by atoms with Gasteiger partial charge in [0.05, 0.1) is 4.88 Å². The van der Waals surface area contributed by atoms with Gasteiger partial charge in [-0.2, -0.15) is 0 Å². The predicted molar refractivity (Wildman–Crippen MR) is 140 cm³/mol. The number of nitrogens with zero attached hydrogens (tertiary/aromatic N) is 1. The van der Waals surface area contributed by atoms with E-state index in [1.807, 2.05) is 78.2 Å². The van der Waals surface area contributed by atoms with Crippen LogP contribution in [0.1, 0.15) is 36.7 Å². The number of thiophene rings is 1. The molecule has 1 aromatic heterocycles. The minimum absolute atomic E-state index is 0.0547. The first kappa shape index (κ1) is 24.9. The maximum atomic E-state index is 13.1. The van der Waals surface area contributed by atoms with E-state index in [-0.39, 0.29) is 12.3 Å². The van der Waals surface area contributed by atoms with Gasteiger partial charge in [-0.1, -0.05) is 78.9 Å². The van der Waals surface area contributed by atoms with Crippen molar-refractivity contribution >= 4 is 29.1 Å². The highest BCUT2D eigenvalue weighted by Crippen LogP contribution is 2.18. The summed E-state index contributed by atoms with van der Waals surface area (Å²) in [5.41, 5.74) is 3.08. The Kier molecular flexibility index (Phi) is 8.26. The van der Waals surface area contributed by atoms with Crippen LogP contribution in [0.4, 0.5) is 0 Å². The number of carboxylic acids is 1. The molecule has 0 aliphatic rings. The molecule has 1 atom stereocenters. The zero-order valence-corrected chi connectivity index (χ0v) is 20.4. The smallest absolute Gasteiger partial charge is 0.326 e. The van der Waals surface area contributed by atoms with Crippen LogP contribution in [-0.2, 0) is 24.3 Å². The number of carbonyl (C=O) groups is 3. The number of carbonyl (C=O) groups excluding carboxylic acids is 2. The molecule has 36 heavy (non-hydrogen) atoms. The van der Waals surface area contributed by atoms with Crippen molar-refractivity contribution in [3.05, 3.63) is 130 Å². The zero-order valence-electron chi connectivity index (χ0n) is 19.5. The molecule has 2 N–H and O–H groups in total. The van der Waals surface area contributed by atoms with Gasteiger partial charge in [-0.05, 0) is 40.3 Å². The number of nitrogens with one attached hydrogen (secondary N) is 1. The van der Waals surface area contributed by atoms with E-state index in [4.69, 9.17) is 0 Å². The maximum absolute atomic E-state index is 13.1. The highest BCUT2D eigenvalue weighted by atomic mass is 32.1. The topological polar surface area (TPSA) is 86.7 Å². The molecule has 3 aromatic carbocycles. The van der Waals surface area contributed by atoms with Crippen LogP contribution >= 0.6 is 11.3 Å². The van der Waals surface area contributed by atoms with Gasteiger partial charge in [-0.25, -0.2) is 4.79 Å². The summed E-state index contributed by atoms with van der Waals surface area (Å²) in [6, 6.07) is 28.5. The van der Waals surface area contributed by atoms with Crippen LogP contribution in [0, 0.1) is 0 Å². The first-order valence-corrected chi connectivity index (χ1v) is 12.4. The number of benzene rings is 3. The molecule has 0 bridgehead atoms. The standard InChI is InChI=1S/C29H26N2O4S/c32-27(30-25(29(34)35)18-21-8-3-1-4-9-21)24-15-13-23(14-16-24)20-31(19-22-10-5-2-6-11-22)28(33)26-12-7-17-36-26/h1-17,25H,18-20H2,(H,30,32)(H,34,35)/t25-/m0/s1. The van der Waals surface area contributed by atoms with Crippen LogP contribution < -0.4 is 5.32 Å². The van der Waals surface area contributed by atoms with Crippen molar-refractivity contribution < 1.29 is 19.5 Å². The fourth-order valence-electron chi connectivity index (χ4n) is 3.83. The Hall–Kier alpha value is -4.23. The highest BCUT2D eigenvalue weighted by molar-refractivity contribution is 7.12. The molecule has 0 saturated carbocycles. The Morgan fingerprint density at radius 1 is 0.750 bits per heavy atom. The molecule has 2 amide bonds. The van der Waals surface area contributed by atoms with Gasteiger partial charge >= 0.3 is 5.97 Å². The molecule has 7 heteroatoms. The van der Waals surface area contributed by atoms with Crippen molar-refractivity contribution in [3.8, 4) is 0 Å². The molecule has 6 nitrogen and oxygen atoms in total. The Morgan fingerprint density at radius 2 is 1.33 bits per heavy atom. The third kappa shape index (κ3) is 6.67. The average Bonchev–Trinajstić information content (AvgIpc) is 3.44. The maximum Gasteiger partial charge on any atom is 0.326 e. The summed E-state index contributed by atoms with van der Waals surface area (Å²) in [5.74, 6) is -1.60. The van der Waals surface area contributed by atoms with Crippen molar-refractivity contribution in [2.45, 2.75) is 25.6 Å². The molecule has 4 aromatic rings. The molecular weight excluding hydrogens is 472 g/mol. The normalized spacial score (nSPS) is 11.4. The Balaban J connectivity index is 1.45. The molecule has 0 fully saturated rings. The molecule has 4 rings (SSSR count). The lowest BCUT2D eigenvalue weighted by Crippen LogP contribution is -2.42. The lowest BCUT2D eigenvalue weighted by atomic mass is 10.0. The van der Waals surface area contributed by atoms with Crippen LogP contribution in [0.5, 0.6) is 0 Å². The summed E-state index contributed by atoms with van der Waals surface area (Å²) >= 11 is 1.40. The van der Waals surface area contributed by atoms with E-state index in [9.17, 15) is 19.5 Å². The Labute approximate surface area is 213 Å². The largest absolute Gasteiger partial charge is 0.480 e. The molecule has 0 radical (unpaired) electrons. The molecular formula is C29H26N2O4S. The van der Waals surface area contributed by atoms with Crippen molar-refractivity contribution in [3.63, 3.8) is 0 Å². The molecule has 1 heterocycles. The second-order valence-corrected chi connectivity index (χ2v) is 9.32. The van der Waals surface area contributed by atoms with Gasteiger partial charge in [-0.15, -0.1) is 11.3 Å². The van der Waals surface area contributed by atoms with Crippen LogP contribution in [-0.4, -0.2) is 33.8 Å². The number of carboxylic acid groups (broad SMARTS) is 1. The lowest BCUT2D eigenvalue weighted by molar-refractivity contribution is -0.139. The molecule has 182 valence electrons. The number of hydrogen-bond donors (Lipinski definition) is 2. The second kappa shape index (κ2) is 12.0. The fourth-order valence-corrected chi connectivity index (χ4v) is 4.52. The monoisotopic (exact) mass is 498 g/mol. The molecule has 0 aliphatic carbocycles. The van der Waals surface area contributed by atoms with Gasteiger partial charge in [-0.3, -0.25) is 9.59 Å². The molecule has 0 unspecified atom stereocenters. The van der Waals surface area contributed by atoms with Gasteiger partial charge < -0.3 is 15.3 Å².